The van der Waals surface area contributed by atoms with Gasteiger partial charge in [0.1, 0.15) is 12.4 Å². The highest BCUT2D eigenvalue weighted by molar-refractivity contribution is 5.90. The molecule has 0 spiro atoms. The van der Waals surface area contributed by atoms with Crippen LogP contribution in [0.3, 0.4) is 0 Å². The minimum atomic E-state index is -0.348. The molecule has 4 nitrogen and oxygen atoms in total. The number of halogens is 1. The predicted octanol–water partition coefficient (Wildman–Crippen LogP) is -0.771. The summed E-state index contributed by atoms with van der Waals surface area (Å²) in [6, 6.07) is 15.7. The average Bonchev–Trinajstić information content (AvgIpc) is 2.53. The highest BCUT2D eigenvalue weighted by Gasteiger charge is 2.11. The molecule has 0 aliphatic heterocycles. The third-order valence-electron chi connectivity index (χ3n) is 3.32. The molecule has 2 rings (SSSR count). The highest BCUT2D eigenvalue weighted by atomic mass is 35.5. The summed E-state index contributed by atoms with van der Waals surface area (Å²) in [5.41, 5.74) is 6.58. The molecule has 0 aromatic heterocycles. The van der Waals surface area contributed by atoms with Crippen LogP contribution in [0.4, 0.5) is 0 Å². The monoisotopic (exact) mass is 335 g/mol. The first kappa shape index (κ1) is 19.0. The van der Waals surface area contributed by atoms with Crippen molar-refractivity contribution in [1.82, 2.24) is 0 Å². The van der Waals surface area contributed by atoms with Gasteiger partial charge in [-0.3, -0.25) is 0 Å². The number of rotatable bonds is 6. The first-order chi connectivity index (χ1) is 10.6. The van der Waals surface area contributed by atoms with E-state index in [1.807, 2.05) is 42.5 Å². The number of esters is 1. The van der Waals surface area contributed by atoms with Crippen LogP contribution in [0.15, 0.2) is 48.5 Å². The lowest BCUT2D eigenvalue weighted by molar-refractivity contribution is -0.413. The minimum Gasteiger partial charge on any atom is -1.00 e. The number of carbonyl (C=O) groups is 1. The van der Waals surface area contributed by atoms with Gasteiger partial charge in [-0.15, -0.1) is 0 Å². The van der Waals surface area contributed by atoms with E-state index in [-0.39, 0.29) is 18.4 Å². The van der Waals surface area contributed by atoms with E-state index in [0.29, 0.717) is 18.2 Å². The molecule has 0 aliphatic carbocycles. The zero-order chi connectivity index (χ0) is 15.9. The molecule has 0 bridgehead atoms. The summed E-state index contributed by atoms with van der Waals surface area (Å²) in [4.78, 5) is 11.7. The van der Waals surface area contributed by atoms with Crippen molar-refractivity contribution in [2.24, 2.45) is 0 Å². The van der Waals surface area contributed by atoms with Crippen LogP contribution in [0.25, 0.3) is 0 Å². The number of hydrogen-bond donors (Lipinski definition) is 1. The molecular weight excluding hydrogens is 314 g/mol. The fourth-order valence-corrected chi connectivity index (χ4v) is 2.24. The van der Waals surface area contributed by atoms with Crippen LogP contribution in [-0.4, -0.2) is 19.1 Å². The molecule has 0 radical (unpaired) electrons. The summed E-state index contributed by atoms with van der Waals surface area (Å²) in [7, 11) is 1.38. The van der Waals surface area contributed by atoms with Gasteiger partial charge in [0.05, 0.1) is 18.7 Å². The first-order valence-electron chi connectivity index (χ1n) is 7.31. The summed E-state index contributed by atoms with van der Waals surface area (Å²) in [6.07, 6.45) is 0.950. The van der Waals surface area contributed by atoms with Crippen LogP contribution in [0.1, 0.15) is 28.4 Å². The number of methoxy groups -OCH3 is 1. The second-order valence-electron chi connectivity index (χ2n) is 5.39. The highest BCUT2D eigenvalue weighted by Crippen LogP contribution is 2.17. The van der Waals surface area contributed by atoms with E-state index >= 15 is 0 Å². The fraction of sp³-hybridized carbons (Fsp3) is 0.278. The standard InChI is InChI=1S/C18H21NO3.ClH/c1-13(19)11-14-7-9-16(10-8-14)22-12-15-5-3-4-6-17(15)18(20)21-2;/h3-10,13H,11-12,19H2,1-2H3;1H/t13-;/m0./s1. The molecule has 0 amide bonds. The van der Waals surface area contributed by atoms with E-state index in [9.17, 15) is 4.79 Å². The van der Waals surface area contributed by atoms with E-state index in [2.05, 4.69) is 12.7 Å². The van der Waals surface area contributed by atoms with Crippen LogP contribution in [0.2, 0.25) is 0 Å². The van der Waals surface area contributed by atoms with E-state index in [0.717, 1.165) is 17.7 Å². The SMILES string of the molecule is COC(=O)c1ccccc1COc1ccc(C[C@H](C)[NH3+])cc1.[Cl-]. The normalized spacial score (nSPS) is 11.3. The quantitative estimate of drug-likeness (QED) is 0.705. The van der Waals surface area contributed by atoms with Crippen LogP contribution in [-0.2, 0) is 17.8 Å². The first-order valence-corrected chi connectivity index (χ1v) is 7.31. The van der Waals surface area contributed by atoms with Gasteiger partial charge >= 0.3 is 5.97 Å². The van der Waals surface area contributed by atoms with Gasteiger partial charge in [-0.05, 0) is 30.7 Å². The van der Waals surface area contributed by atoms with E-state index in [1.165, 1.54) is 12.7 Å². The summed E-state index contributed by atoms with van der Waals surface area (Å²) in [6.45, 7) is 2.42. The van der Waals surface area contributed by atoms with Crippen LogP contribution < -0.4 is 22.9 Å². The van der Waals surface area contributed by atoms with Crippen LogP contribution in [0.5, 0.6) is 5.75 Å². The average molecular weight is 336 g/mol. The second-order valence-corrected chi connectivity index (χ2v) is 5.39. The largest absolute Gasteiger partial charge is 1.00 e. The Kier molecular flexibility index (Phi) is 7.59. The van der Waals surface area contributed by atoms with Crippen molar-refractivity contribution in [2.75, 3.05) is 7.11 Å². The molecule has 5 heteroatoms. The maximum atomic E-state index is 11.7. The molecule has 0 aliphatic rings. The van der Waals surface area contributed by atoms with Gasteiger partial charge in [0.15, 0.2) is 0 Å². The van der Waals surface area contributed by atoms with Crippen molar-refractivity contribution in [3.8, 4) is 5.75 Å². The molecule has 0 saturated heterocycles. The molecule has 0 heterocycles. The lowest BCUT2D eigenvalue weighted by atomic mass is 10.1. The van der Waals surface area contributed by atoms with Gasteiger partial charge in [-0.1, -0.05) is 30.3 Å². The Balaban J connectivity index is 0.00000264. The van der Waals surface area contributed by atoms with Gasteiger partial charge < -0.3 is 27.6 Å². The van der Waals surface area contributed by atoms with Crippen molar-refractivity contribution in [1.29, 1.82) is 0 Å². The predicted molar refractivity (Wildman–Crippen MR) is 84.6 cm³/mol. The third-order valence-corrected chi connectivity index (χ3v) is 3.32. The Morgan fingerprint density at radius 3 is 2.39 bits per heavy atom. The van der Waals surface area contributed by atoms with Crippen molar-refractivity contribution in [3.05, 3.63) is 65.2 Å². The molecule has 3 N–H and O–H groups in total. The Hall–Kier alpha value is -2.04. The molecule has 0 unspecified atom stereocenters. The molecule has 1 atom stereocenters. The van der Waals surface area contributed by atoms with Crippen molar-refractivity contribution < 1.29 is 32.4 Å². The minimum absolute atomic E-state index is 0. The fourth-order valence-electron chi connectivity index (χ4n) is 2.24. The van der Waals surface area contributed by atoms with Gasteiger partial charge in [0.25, 0.3) is 0 Å². The van der Waals surface area contributed by atoms with Crippen molar-refractivity contribution >= 4 is 5.97 Å². The topological polar surface area (TPSA) is 63.2 Å². The number of carbonyl (C=O) groups excluding carboxylic acids is 1. The lowest BCUT2D eigenvalue weighted by Gasteiger charge is -2.10. The van der Waals surface area contributed by atoms with Gasteiger partial charge in [-0.25, -0.2) is 4.79 Å². The maximum Gasteiger partial charge on any atom is 0.338 e. The lowest BCUT2D eigenvalue weighted by Crippen LogP contribution is -3.00. The van der Waals surface area contributed by atoms with Gasteiger partial charge in [-0.2, -0.15) is 0 Å². The van der Waals surface area contributed by atoms with Crippen molar-refractivity contribution in [3.63, 3.8) is 0 Å². The molecule has 2 aromatic rings. The van der Waals surface area contributed by atoms with Crippen LogP contribution >= 0.6 is 0 Å². The van der Waals surface area contributed by atoms with Gasteiger partial charge in [0, 0.05) is 12.0 Å². The molecule has 23 heavy (non-hydrogen) atoms. The molecule has 2 aromatic carbocycles. The maximum absolute atomic E-state index is 11.7. The Morgan fingerprint density at radius 1 is 1.13 bits per heavy atom. The Labute approximate surface area is 143 Å². The summed E-state index contributed by atoms with van der Waals surface area (Å²) in [5.74, 6) is 0.430. The van der Waals surface area contributed by atoms with Crippen molar-refractivity contribution in [2.45, 2.75) is 26.0 Å². The van der Waals surface area contributed by atoms with Gasteiger partial charge in [0.2, 0.25) is 0 Å². The third kappa shape index (κ3) is 5.58. The number of quaternary nitrogens is 1. The molecule has 0 fully saturated rings. The summed E-state index contributed by atoms with van der Waals surface area (Å²) in [5, 5.41) is 0. The molecular formula is C18H22ClNO3. The van der Waals surface area contributed by atoms with E-state index in [4.69, 9.17) is 9.47 Å². The smallest absolute Gasteiger partial charge is 0.338 e. The summed E-state index contributed by atoms with van der Waals surface area (Å²) >= 11 is 0. The molecule has 124 valence electrons. The zero-order valence-corrected chi connectivity index (χ0v) is 14.2. The Morgan fingerprint density at radius 2 is 1.78 bits per heavy atom. The number of hydrogen-bond acceptors (Lipinski definition) is 3. The number of ether oxygens (including phenoxy) is 2. The Bertz CT molecular complexity index is 626. The zero-order valence-electron chi connectivity index (χ0n) is 13.4. The molecule has 0 saturated carbocycles. The van der Waals surface area contributed by atoms with Crippen LogP contribution in [0, 0.1) is 0 Å². The van der Waals surface area contributed by atoms with E-state index in [1.54, 1.807) is 6.07 Å². The summed E-state index contributed by atoms with van der Waals surface area (Å²) < 4.78 is 10.5. The second kappa shape index (κ2) is 9.18. The number of benzene rings is 2. The van der Waals surface area contributed by atoms with E-state index < -0.39 is 0 Å².